The lowest BCUT2D eigenvalue weighted by Gasteiger charge is -2.12. The van der Waals surface area contributed by atoms with Crippen molar-refractivity contribution in [3.05, 3.63) is 60.2 Å². The highest BCUT2D eigenvalue weighted by atomic mass is 32.2. The fourth-order valence-corrected chi connectivity index (χ4v) is 3.73. The maximum absolute atomic E-state index is 12.5. The quantitative estimate of drug-likeness (QED) is 0.550. The number of rotatable bonds is 7. The minimum Gasteiger partial charge on any atom is -0.351 e. The smallest absolute Gasteiger partial charge is 0.351 e. The number of halogens is 3. The first-order chi connectivity index (χ1) is 12.2. The van der Waals surface area contributed by atoms with Crippen LogP contribution in [-0.2, 0) is 10.0 Å². The van der Waals surface area contributed by atoms with Crippen LogP contribution < -0.4 is 10.0 Å². The van der Waals surface area contributed by atoms with Crippen molar-refractivity contribution in [1.82, 2.24) is 10.0 Å². The van der Waals surface area contributed by atoms with Gasteiger partial charge in [-0.25, -0.2) is 13.1 Å². The predicted molar refractivity (Wildman–Crippen MR) is 92.3 cm³/mol. The molecule has 0 heterocycles. The zero-order chi connectivity index (χ0) is 19.2. The second kappa shape index (κ2) is 8.56. The van der Waals surface area contributed by atoms with Gasteiger partial charge >= 0.3 is 5.51 Å². The Labute approximate surface area is 153 Å². The molecule has 26 heavy (non-hydrogen) atoms. The molecule has 2 N–H and O–H groups in total. The molecule has 0 radical (unpaired) electrons. The molecule has 0 aromatic heterocycles. The molecule has 0 fully saturated rings. The second-order valence-corrected chi connectivity index (χ2v) is 7.88. The lowest BCUT2D eigenvalue weighted by atomic mass is 10.2. The summed E-state index contributed by atoms with van der Waals surface area (Å²) >= 11 is -0.376. The third-order valence-corrected chi connectivity index (χ3v) is 5.40. The molecule has 0 aliphatic rings. The zero-order valence-corrected chi connectivity index (χ0v) is 14.9. The van der Waals surface area contributed by atoms with E-state index in [1.807, 2.05) is 0 Å². The average molecular weight is 404 g/mol. The number of alkyl halides is 3. The molecule has 10 heteroatoms. The van der Waals surface area contributed by atoms with Crippen LogP contribution in [0.4, 0.5) is 13.2 Å². The van der Waals surface area contributed by atoms with E-state index >= 15 is 0 Å². The molecule has 0 saturated carbocycles. The van der Waals surface area contributed by atoms with E-state index < -0.39 is 21.4 Å². The normalized spacial score (nSPS) is 12.0. The van der Waals surface area contributed by atoms with E-state index in [4.69, 9.17) is 0 Å². The maximum atomic E-state index is 12.5. The van der Waals surface area contributed by atoms with E-state index in [-0.39, 0.29) is 40.2 Å². The summed E-state index contributed by atoms with van der Waals surface area (Å²) in [6.45, 7) is -0.173. The highest BCUT2D eigenvalue weighted by Gasteiger charge is 2.31. The fraction of sp³-hybridized carbons (Fsp3) is 0.188. The molecular formula is C16H15F3N2O3S2. The summed E-state index contributed by atoms with van der Waals surface area (Å²) in [6.07, 6.45) is 0. The van der Waals surface area contributed by atoms with Crippen LogP contribution in [0.2, 0.25) is 0 Å². The Morgan fingerprint density at radius 3 is 2.23 bits per heavy atom. The van der Waals surface area contributed by atoms with Crippen molar-refractivity contribution < 1.29 is 26.4 Å². The van der Waals surface area contributed by atoms with Crippen molar-refractivity contribution in [3.8, 4) is 0 Å². The first-order valence-electron chi connectivity index (χ1n) is 7.37. The van der Waals surface area contributed by atoms with Crippen molar-refractivity contribution >= 4 is 27.7 Å². The number of amides is 1. The van der Waals surface area contributed by atoms with Gasteiger partial charge in [-0.05, 0) is 36.0 Å². The number of hydrogen-bond acceptors (Lipinski definition) is 4. The number of sulfonamides is 1. The van der Waals surface area contributed by atoms with Gasteiger partial charge < -0.3 is 5.32 Å². The minimum absolute atomic E-state index is 0.0735. The summed E-state index contributed by atoms with van der Waals surface area (Å²) in [6, 6.07) is 13.0. The van der Waals surface area contributed by atoms with Gasteiger partial charge in [0.15, 0.2) is 0 Å². The topological polar surface area (TPSA) is 75.3 Å². The summed E-state index contributed by atoms with van der Waals surface area (Å²) in [5, 5.41) is 2.40. The average Bonchev–Trinajstić information content (AvgIpc) is 2.58. The van der Waals surface area contributed by atoms with E-state index in [1.54, 1.807) is 18.2 Å². The standard InChI is InChI=1S/C16H15F3N2O3S2/c17-16(18,19)25-14-9-5-4-8-13(14)15(22)20-10-11-21-26(23,24)12-6-2-1-3-7-12/h1-9,21H,10-11H2,(H,20,22). The van der Waals surface area contributed by atoms with E-state index in [0.717, 1.165) is 0 Å². The highest BCUT2D eigenvalue weighted by molar-refractivity contribution is 8.00. The first kappa shape index (κ1) is 20.3. The van der Waals surface area contributed by atoms with Crippen LogP contribution in [0.25, 0.3) is 0 Å². The van der Waals surface area contributed by atoms with Crippen LogP contribution in [0.1, 0.15) is 10.4 Å². The van der Waals surface area contributed by atoms with Crippen molar-refractivity contribution in [3.63, 3.8) is 0 Å². The molecule has 0 aliphatic carbocycles. The Balaban J connectivity index is 1.92. The van der Waals surface area contributed by atoms with Crippen LogP contribution in [-0.4, -0.2) is 32.9 Å². The molecule has 0 saturated heterocycles. The number of benzene rings is 2. The molecule has 1 amide bonds. The van der Waals surface area contributed by atoms with Crippen LogP contribution in [0, 0.1) is 0 Å². The van der Waals surface area contributed by atoms with E-state index in [1.165, 1.54) is 36.4 Å². The van der Waals surface area contributed by atoms with Gasteiger partial charge in [-0.2, -0.15) is 13.2 Å². The molecule has 0 bridgehead atoms. The highest BCUT2D eigenvalue weighted by Crippen LogP contribution is 2.38. The number of thioether (sulfide) groups is 1. The van der Waals surface area contributed by atoms with E-state index in [0.29, 0.717) is 0 Å². The van der Waals surface area contributed by atoms with Gasteiger partial charge in [0.2, 0.25) is 10.0 Å². The lowest BCUT2D eigenvalue weighted by molar-refractivity contribution is -0.0328. The zero-order valence-electron chi connectivity index (χ0n) is 13.3. The first-order valence-corrected chi connectivity index (χ1v) is 9.67. The summed E-state index contributed by atoms with van der Waals surface area (Å²) in [4.78, 5) is 11.9. The fourth-order valence-electron chi connectivity index (χ4n) is 2.01. The van der Waals surface area contributed by atoms with Crippen LogP contribution >= 0.6 is 11.8 Å². The van der Waals surface area contributed by atoms with Crippen molar-refractivity contribution in [2.75, 3.05) is 13.1 Å². The van der Waals surface area contributed by atoms with Crippen LogP contribution in [0.5, 0.6) is 0 Å². The summed E-state index contributed by atoms with van der Waals surface area (Å²) in [5.41, 5.74) is -4.64. The van der Waals surface area contributed by atoms with E-state index in [9.17, 15) is 26.4 Å². The molecule has 140 valence electrons. The Kier molecular flexibility index (Phi) is 6.68. The molecular weight excluding hydrogens is 389 g/mol. The Bertz CT molecular complexity index is 857. The van der Waals surface area contributed by atoms with Gasteiger partial charge in [-0.3, -0.25) is 4.79 Å². The maximum Gasteiger partial charge on any atom is 0.446 e. The van der Waals surface area contributed by atoms with Gasteiger partial charge in [0.1, 0.15) is 0 Å². The van der Waals surface area contributed by atoms with Crippen molar-refractivity contribution in [2.24, 2.45) is 0 Å². The number of nitrogens with one attached hydrogen (secondary N) is 2. The predicted octanol–water partition coefficient (Wildman–Crippen LogP) is 3.01. The molecule has 2 aromatic rings. The number of carbonyl (C=O) groups excluding carboxylic acids is 1. The van der Waals surface area contributed by atoms with Gasteiger partial charge in [-0.15, -0.1) is 0 Å². The van der Waals surface area contributed by atoms with Gasteiger partial charge in [-0.1, -0.05) is 30.3 Å². The summed E-state index contributed by atoms with van der Waals surface area (Å²) in [5.74, 6) is -0.712. The Hall–Kier alpha value is -2.04. The third-order valence-electron chi connectivity index (χ3n) is 3.11. The largest absolute Gasteiger partial charge is 0.446 e. The Morgan fingerprint density at radius 1 is 0.962 bits per heavy atom. The van der Waals surface area contributed by atoms with Crippen LogP contribution in [0.3, 0.4) is 0 Å². The summed E-state index contributed by atoms with van der Waals surface area (Å²) in [7, 11) is -3.71. The molecule has 2 aromatic carbocycles. The number of hydrogen-bond donors (Lipinski definition) is 2. The molecule has 2 rings (SSSR count). The van der Waals surface area contributed by atoms with E-state index in [2.05, 4.69) is 10.0 Å². The minimum atomic E-state index is -4.51. The third kappa shape index (κ3) is 6.04. The SMILES string of the molecule is O=C(NCCNS(=O)(=O)c1ccccc1)c1ccccc1SC(F)(F)F. The van der Waals surface area contributed by atoms with Crippen molar-refractivity contribution in [2.45, 2.75) is 15.3 Å². The van der Waals surface area contributed by atoms with Gasteiger partial charge in [0, 0.05) is 18.0 Å². The second-order valence-electron chi connectivity index (χ2n) is 5.01. The molecule has 0 atom stereocenters. The van der Waals surface area contributed by atoms with Crippen LogP contribution in [0.15, 0.2) is 64.4 Å². The van der Waals surface area contributed by atoms with Gasteiger partial charge in [0.05, 0.1) is 10.5 Å². The Morgan fingerprint density at radius 2 is 1.58 bits per heavy atom. The summed E-state index contributed by atoms with van der Waals surface area (Å²) < 4.78 is 63.9. The molecule has 5 nitrogen and oxygen atoms in total. The molecule has 0 spiro atoms. The molecule has 0 unspecified atom stereocenters. The van der Waals surface area contributed by atoms with Gasteiger partial charge in [0.25, 0.3) is 5.91 Å². The van der Waals surface area contributed by atoms with Crippen molar-refractivity contribution in [1.29, 1.82) is 0 Å². The number of carbonyl (C=O) groups is 1. The lowest BCUT2D eigenvalue weighted by Crippen LogP contribution is -2.34. The molecule has 0 aliphatic heterocycles. The monoisotopic (exact) mass is 404 g/mol.